The van der Waals surface area contributed by atoms with Crippen LogP contribution in [-0.4, -0.2) is 50.6 Å². The summed E-state index contributed by atoms with van der Waals surface area (Å²) in [5.41, 5.74) is 3.80. The van der Waals surface area contributed by atoms with Crippen LogP contribution in [0.15, 0.2) is 30.3 Å². The minimum absolute atomic E-state index is 0.0605. The van der Waals surface area contributed by atoms with Crippen LogP contribution in [0.5, 0.6) is 0 Å². The summed E-state index contributed by atoms with van der Waals surface area (Å²) in [4.78, 5) is 28.1. The number of benzene rings is 1. The number of methoxy groups -OCH3 is 1. The molecule has 0 unspecified atom stereocenters. The summed E-state index contributed by atoms with van der Waals surface area (Å²) in [6, 6.07) is 10.4. The number of thiophene rings is 1. The fourth-order valence-corrected chi connectivity index (χ4v) is 4.42. The topological polar surface area (TPSA) is 58.6 Å². The van der Waals surface area contributed by atoms with E-state index in [1.807, 2.05) is 12.1 Å². The molecule has 138 valence electrons. The maximum absolute atomic E-state index is 12.7. The molecule has 0 saturated carbocycles. The molecule has 0 radical (unpaired) electrons. The van der Waals surface area contributed by atoms with E-state index in [9.17, 15) is 9.59 Å². The summed E-state index contributed by atoms with van der Waals surface area (Å²) >= 11 is 1.53. The van der Waals surface area contributed by atoms with Crippen molar-refractivity contribution in [2.75, 3.05) is 33.9 Å². The molecule has 5 nitrogen and oxygen atoms in total. The van der Waals surface area contributed by atoms with E-state index < -0.39 is 0 Å². The molecule has 26 heavy (non-hydrogen) atoms. The van der Waals surface area contributed by atoms with Crippen LogP contribution >= 0.6 is 11.3 Å². The van der Waals surface area contributed by atoms with E-state index in [4.69, 9.17) is 4.74 Å². The Morgan fingerprint density at radius 1 is 1.23 bits per heavy atom. The molecule has 1 aromatic carbocycles. The number of carbonyl (C=O) groups excluding carboxylic acids is 2. The molecule has 1 heterocycles. The first-order valence-electron chi connectivity index (χ1n) is 8.82. The number of likely N-dealkylation sites (N-methyl/N-ethyl adjacent to an activating group) is 1. The Balaban J connectivity index is 1.64. The first-order valence-corrected chi connectivity index (χ1v) is 9.64. The van der Waals surface area contributed by atoms with Gasteiger partial charge in [0.05, 0.1) is 11.4 Å². The van der Waals surface area contributed by atoms with Gasteiger partial charge in [-0.2, -0.15) is 0 Å². The van der Waals surface area contributed by atoms with Crippen molar-refractivity contribution in [3.05, 3.63) is 46.3 Å². The lowest BCUT2D eigenvalue weighted by Gasteiger charge is -2.16. The molecule has 2 amide bonds. The Labute approximate surface area is 158 Å². The molecule has 1 N–H and O–H groups in total. The van der Waals surface area contributed by atoms with Gasteiger partial charge in [0.25, 0.3) is 5.91 Å². The highest BCUT2D eigenvalue weighted by Crippen LogP contribution is 2.39. The molecule has 0 saturated heterocycles. The van der Waals surface area contributed by atoms with Crippen molar-refractivity contribution in [1.82, 2.24) is 10.2 Å². The van der Waals surface area contributed by atoms with Crippen molar-refractivity contribution >= 4 is 23.2 Å². The number of nitrogens with zero attached hydrogens (tertiary/aromatic N) is 1. The van der Waals surface area contributed by atoms with E-state index in [0.29, 0.717) is 18.0 Å². The molecular formula is C20H24N2O3S. The third kappa shape index (κ3) is 4.14. The van der Waals surface area contributed by atoms with E-state index in [1.54, 1.807) is 14.2 Å². The van der Waals surface area contributed by atoms with Crippen molar-refractivity contribution in [1.29, 1.82) is 0 Å². The summed E-state index contributed by atoms with van der Waals surface area (Å²) in [5, 5.41) is 2.81. The molecule has 0 atom stereocenters. The molecule has 1 aromatic heterocycles. The van der Waals surface area contributed by atoms with Gasteiger partial charge in [-0.1, -0.05) is 24.3 Å². The zero-order valence-electron chi connectivity index (χ0n) is 15.2. The van der Waals surface area contributed by atoms with E-state index in [2.05, 4.69) is 23.5 Å². The van der Waals surface area contributed by atoms with Crippen LogP contribution in [0, 0.1) is 0 Å². The van der Waals surface area contributed by atoms with Crippen LogP contribution < -0.4 is 5.32 Å². The van der Waals surface area contributed by atoms with Gasteiger partial charge in [0, 0.05) is 32.2 Å². The van der Waals surface area contributed by atoms with Gasteiger partial charge in [0.1, 0.15) is 0 Å². The molecule has 6 heteroatoms. The van der Waals surface area contributed by atoms with Crippen LogP contribution in [0.1, 0.15) is 27.2 Å². The number of ether oxygens (including phenoxy) is 1. The molecule has 0 aliphatic heterocycles. The fourth-order valence-electron chi connectivity index (χ4n) is 3.15. The molecule has 1 aliphatic rings. The number of fused-ring (bicyclic) bond motifs is 3. The van der Waals surface area contributed by atoms with Crippen molar-refractivity contribution < 1.29 is 14.3 Å². The second-order valence-corrected chi connectivity index (χ2v) is 7.53. The monoisotopic (exact) mass is 372 g/mol. The minimum Gasteiger partial charge on any atom is -0.385 e. The summed E-state index contributed by atoms with van der Waals surface area (Å²) in [5.74, 6) is -0.252. The van der Waals surface area contributed by atoms with Crippen LogP contribution in [0.2, 0.25) is 0 Å². The third-order valence-electron chi connectivity index (χ3n) is 4.52. The summed E-state index contributed by atoms with van der Waals surface area (Å²) in [6.45, 7) is 1.22. The molecule has 0 bridgehead atoms. The van der Waals surface area contributed by atoms with Gasteiger partial charge in [0.15, 0.2) is 0 Å². The average Bonchev–Trinajstić information content (AvgIpc) is 3.09. The second-order valence-electron chi connectivity index (χ2n) is 6.48. The first-order chi connectivity index (χ1) is 12.6. The van der Waals surface area contributed by atoms with Crippen molar-refractivity contribution in [2.45, 2.75) is 19.3 Å². The van der Waals surface area contributed by atoms with E-state index in [1.165, 1.54) is 37.8 Å². The van der Waals surface area contributed by atoms with Gasteiger partial charge in [-0.25, -0.2) is 0 Å². The van der Waals surface area contributed by atoms with Crippen molar-refractivity contribution in [2.24, 2.45) is 0 Å². The van der Waals surface area contributed by atoms with E-state index >= 15 is 0 Å². The Morgan fingerprint density at radius 2 is 2.00 bits per heavy atom. The highest BCUT2D eigenvalue weighted by molar-refractivity contribution is 7.17. The zero-order valence-corrected chi connectivity index (χ0v) is 16.0. The van der Waals surface area contributed by atoms with E-state index in [0.717, 1.165) is 19.3 Å². The van der Waals surface area contributed by atoms with Crippen LogP contribution in [0.4, 0.5) is 0 Å². The Bertz CT molecular complexity index is 800. The summed E-state index contributed by atoms with van der Waals surface area (Å²) in [7, 11) is 3.30. The van der Waals surface area contributed by atoms with Crippen molar-refractivity contribution in [3.8, 4) is 10.4 Å². The first kappa shape index (κ1) is 18.6. The maximum Gasteiger partial charge on any atom is 0.264 e. The normalized spacial score (nSPS) is 12.2. The number of aryl methyl sites for hydroxylation is 2. The quantitative estimate of drug-likeness (QED) is 0.761. The zero-order chi connectivity index (χ0) is 18.5. The van der Waals surface area contributed by atoms with Gasteiger partial charge in [0.2, 0.25) is 5.91 Å². The summed E-state index contributed by atoms with van der Waals surface area (Å²) < 4.78 is 4.95. The predicted molar refractivity (Wildman–Crippen MR) is 104 cm³/mol. The maximum atomic E-state index is 12.7. The van der Waals surface area contributed by atoms with Gasteiger partial charge < -0.3 is 15.0 Å². The highest BCUT2D eigenvalue weighted by Gasteiger charge is 2.23. The number of rotatable bonds is 7. The molecular weight excluding hydrogens is 348 g/mol. The highest BCUT2D eigenvalue weighted by atomic mass is 32.1. The molecule has 3 rings (SSSR count). The Kier molecular flexibility index (Phi) is 6.06. The summed E-state index contributed by atoms with van der Waals surface area (Å²) in [6.07, 6.45) is 2.73. The fraction of sp³-hybridized carbons (Fsp3) is 0.400. The van der Waals surface area contributed by atoms with Gasteiger partial charge >= 0.3 is 0 Å². The number of hydrogen-bond acceptors (Lipinski definition) is 4. The van der Waals surface area contributed by atoms with Gasteiger partial charge in [-0.3, -0.25) is 9.59 Å². The number of nitrogens with one attached hydrogen (secondary N) is 1. The number of hydrogen-bond donors (Lipinski definition) is 1. The Morgan fingerprint density at radius 3 is 2.81 bits per heavy atom. The smallest absolute Gasteiger partial charge is 0.264 e. The lowest BCUT2D eigenvalue weighted by molar-refractivity contribution is -0.121. The largest absolute Gasteiger partial charge is 0.385 e. The standard InChI is InChI=1S/C20H24N2O3S/c1-22(13-18(23)21-10-5-11-25-2)20(24)17-12-15-9-8-14-6-3-4-7-16(14)19(15)26-17/h3-4,6-7,12H,5,8-11,13H2,1-2H3,(H,21,23). The Hall–Kier alpha value is -2.18. The molecule has 0 fully saturated rings. The second kappa shape index (κ2) is 8.47. The minimum atomic E-state index is -0.149. The number of amides is 2. The van der Waals surface area contributed by atoms with Crippen LogP contribution in [0.25, 0.3) is 10.4 Å². The van der Waals surface area contributed by atoms with E-state index in [-0.39, 0.29) is 18.4 Å². The van der Waals surface area contributed by atoms with Gasteiger partial charge in [-0.05, 0) is 42.0 Å². The lowest BCUT2D eigenvalue weighted by atomic mass is 9.91. The van der Waals surface area contributed by atoms with Crippen LogP contribution in [0.3, 0.4) is 0 Å². The van der Waals surface area contributed by atoms with Crippen molar-refractivity contribution in [3.63, 3.8) is 0 Å². The number of carbonyl (C=O) groups is 2. The SMILES string of the molecule is COCCCNC(=O)CN(C)C(=O)c1cc2c(s1)-c1ccccc1CC2. The third-order valence-corrected chi connectivity index (χ3v) is 5.72. The lowest BCUT2D eigenvalue weighted by Crippen LogP contribution is -2.38. The molecule has 2 aromatic rings. The molecule has 1 aliphatic carbocycles. The van der Waals surface area contributed by atoms with Gasteiger partial charge in [-0.15, -0.1) is 11.3 Å². The average molecular weight is 372 g/mol. The predicted octanol–water partition coefficient (Wildman–Crippen LogP) is 2.74. The van der Waals surface area contributed by atoms with Crippen LogP contribution in [-0.2, 0) is 22.4 Å². The molecule has 0 spiro atoms.